The van der Waals surface area contributed by atoms with Gasteiger partial charge in [-0.2, -0.15) is 5.10 Å². The second-order valence-electron chi connectivity index (χ2n) is 6.36. The molecule has 2 N–H and O–H groups in total. The summed E-state index contributed by atoms with van der Waals surface area (Å²) in [7, 11) is 0. The zero-order chi connectivity index (χ0) is 17.9. The first-order chi connectivity index (χ1) is 11.3. The second-order valence-corrected chi connectivity index (χ2v) is 6.36. The molecule has 0 aliphatic rings. The molecule has 1 aromatic heterocycles. The van der Waals surface area contributed by atoms with Crippen LogP contribution in [0.2, 0.25) is 0 Å². The number of carbonyl (C=O) groups excluding carboxylic acids is 1. The Hall–Kier alpha value is -2.63. The Morgan fingerprint density at radius 1 is 1.29 bits per heavy atom. The molecule has 1 amide bonds. The monoisotopic (exact) mass is 329 g/mol. The fraction of sp³-hybridized carbons (Fsp3) is 0.389. The summed E-state index contributed by atoms with van der Waals surface area (Å²) in [5.74, 6) is -1.34. The number of rotatable bonds is 6. The maximum atomic E-state index is 12.5. The van der Waals surface area contributed by atoms with E-state index < -0.39 is 11.9 Å². The second kappa shape index (κ2) is 7.29. The van der Waals surface area contributed by atoms with Crippen LogP contribution in [0.4, 0.5) is 5.69 Å². The molecule has 0 aliphatic carbocycles. The first-order valence-electron chi connectivity index (χ1n) is 7.96. The van der Waals surface area contributed by atoms with Crippen LogP contribution >= 0.6 is 0 Å². The number of amides is 1. The van der Waals surface area contributed by atoms with Gasteiger partial charge in [-0.15, -0.1) is 0 Å². The molecule has 24 heavy (non-hydrogen) atoms. The number of nitrogens with zero attached hydrogens (tertiary/aromatic N) is 2. The summed E-state index contributed by atoms with van der Waals surface area (Å²) >= 11 is 0. The number of anilines is 1. The van der Waals surface area contributed by atoms with E-state index in [0.717, 1.165) is 12.2 Å². The van der Waals surface area contributed by atoms with Gasteiger partial charge in [0.15, 0.2) is 0 Å². The molecule has 0 saturated heterocycles. The normalized spacial score (nSPS) is 12.2. The molecule has 0 spiro atoms. The van der Waals surface area contributed by atoms with Crippen molar-refractivity contribution in [2.75, 3.05) is 5.32 Å². The molecule has 1 aromatic carbocycles. The van der Waals surface area contributed by atoms with Crippen LogP contribution < -0.4 is 5.32 Å². The van der Waals surface area contributed by atoms with Crippen LogP contribution in [-0.2, 0) is 11.3 Å². The van der Waals surface area contributed by atoms with Gasteiger partial charge < -0.3 is 10.4 Å². The standard InChI is InChI=1S/C18H23N3O3/c1-11(2)10-21-13(4)16(9-19-21)17(22)20-15-7-5-6-14(8-15)12(3)18(23)24/h5-9,11-12H,10H2,1-4H3,(H,20,22)(H,23,24). The highest BCUT2D eigenvalue weighted by molar-refractivity contribution is 6.05. The number of aliphatic carboxylic acids is 1. The summed E-state index contributed by atoms with van der Waals surface area (Å²) in [5.41, 5.74) is 2.55. The Kier molecular flexibility index (Phi) is 5.39. The number of carbonyl (C=O) groups is 2. The SMILES string of the molecule is Cc1c(C(=O)Nc2cccc(C(C)C(=O)O)c2)cnn1CC(C)C. The van der Waals surface area contributed by atoms with Crippen molar-refractivity contribution in [3.05, 3.63) is 47.3 Å². The van der Waals surface area contributed by atoms with Crippen molar-refractivity contribution in [1.82, 2.24) is 9.78 Å². The van der Waals surface area contributed by atoms with Crippen molar-refractivity contribution in [3.63, 3.8) is 0 Å². The lowest BCUT2D eigenvalue weighted by Gasteiger charge is -2.10. The fourth-order valence-electron chi connectivity index (χ4n) is 2.43. The number of hydrogen-bond donors (Lipinski definition) is 2. The average molecular weight is 329 g/mol. The third-order valence-electron chi connectivity index (χ3n) is 3.90. The Balaban J connectivity index is 2.17. The van der Waals surface area contributed by atoms with Crippen molar-refractivity contribution in [3.8, 4) is 0 Å². The van der Waals surface area contributed by atoms with Gasteiger partial charge in [-0.25, -0.2) is 0 Å². The summed E-state index contributed by atoms with van der Waals surface area (Å²) in [6.07, 6.45) is 1.57. The predicted molar refractivity (Wildman–Crippen MR) is 92.2 cm³/mol. The zero-order valence-corrected chi connectivity index (χ0v) is 14.4. The largest absolute Gasteiger partial charge is 0.481 e. The van der Waals surface area contributed by atoms with E-state index in [2.05, 4.69) is 24.3 Å². The molecule has 128 valence electrons. The highest BCUT2D eigenvalue weighted by Crippen LogP contribution is 2.20. The van der Waals surface area contributed by atoms with E-state index in [4.69, 9.17) is 5.11 Å². The van der Waals surface area contributed by atoms with Crippen molar-refractivity contribution < 1.29 is 14.7 Å². The zero-order valence-electron chi connectivity index (χ0n) is 14.4. The van der Waals surface area contributed by atoms with E-state index in [1.54, 1.807) is 37.4 Å². The summed E-state index contributed by atoms with van der Waals surface area (Å²) < 4.78 is 1.82. The van der Waals surface area contributed by atoms with Gasteiger partial charge in [-0.05, 0) is 37.5 Å². The summed E-state index contributed by atoms with van der Waals surface area (Å²) in [4.78, 5) is 23.6. The molecule has 0 fully saturated rings. The predicted octanol–water partition coefficient (Wildman–Crippen LogP) is 3.29. The maximum absolute atomic E-state index is 12.5. The molecule has 0 radical (unpaired) electrons. The Morgan fingerprint density at radius 2 is 2.00 bits per heavy atom. The lowest BCUT2D eigenvalue weighted by Crippen LogP contribution is -2.15. The summed E-state index contributed by atoms with van der Waals surface area (Å²) in [6.45, 7) is 8.42. The number of aromatic nitrogens is 2. The molecule has 1 atom stereocenters. The minimum atomic E-state index is -0.899. The van der Waals surface area contributed by atoms with Crippen LogP contribution in [0.1, 0.15) is 48.3 Å². The van der Waals surface area contributed by atoms with E-state index in [1.165, 1.54) is 0 Å². The molecule has 0 saturated carbocycles. The van der Waals surface area contributed by atoms with E-state index in [9.17, 15) is 9.59 Å². The van der Waals surface area contributed by atoms with E-state index in [0.29, 0.717) is 22.7 Å². The molecule has 1 unspecified atom stereocenters. The molecule has 0 aliphatic heterocycles. The van der Waals surface area contributed by atoms with Gasteiger partial charge in [0.2, 0.25) is 0 Å². The Morgan fingerprint density at radius 3 is 2.62 bits per heavy atom. The molecular formula is C18H23N3O3. The van der Waals surface area contributed by atoms with Gasteiger partial charge in [0.1, 0.15) is 0 Å². The first kappa shape index (κ1) is 17.7. The Labute approximate surface area is 141 Å². The van der Waals surface area contributed by atoms with Gasteiger partial charge in [0.05, 0.1) is 17.7 Å². The lowest BCUT2D eigenvalue weighted by molar-refractivity contribution is -0.138. The number of carboxylic acids is 1. The van der Waals surface area contributed by atoms with Gasteiger partial charge in [-0.3, -0.25) is 14.3 Å². The molecule has 0 bridgehead atoms. The molecule has 2 rings (SSSR count). The van der Waals surface area contributed by atoms with E-state index >= 15 is 0 Å². The molecule has 6 heteroatoms. The highest BCUT2D eigenvalue weighted by atomic mass is 16.4. The minimum absolute atomic E-state index is 0.248. The van der Waals surface area contributed by atoms with Crippen LogP contribution in [0.3, 0.4) is 0 Å². The first-order valence-corrected chi connectivity index (χ1v) is 7.96. The number of benzene rings is 1. The van der Waals surface area contributed by atoms with Crippen LogP contribution in [0.25, 0.3) is 0 Å². The van der Waals surface area contributed by atoms with Gasteiger partial charge >= 0.3 is 5.97 Å². The lowest BCUT2D eigenvalue weighted by atomic mass is 10.0. The Bertz CT molecular complexity index is 750. The van der Waals surface area contributed by atoms with Crippen molar-refractivity contribution in [2.45, 2.75) is 40.2 Å². The van der Waals surface area contributed by atoms with Gasteiger partial charge in [-0.1, -0.05) is 26.0 Å². The summed E-state index contributed by atoms with van der Waals surface area (Å²) in [6, 6.07) is 6.90. The molecule has 1 heterocycles. The third-order valence-corrected chi connectivity index (χ3v) is 3.90. The van der Waals surface area contributed by atoms with Crippen LogP contribution in [-0.4, -0.2) is 26.8 Å². The van der Waals surface area contributed by atoms with Crippen molar-refractivity contribution in [2.24, 2.45) is 5.92 Å². The van der Waals surface area contributed by atoms with E-state index in [1.807, 2.05) is 11.6 Å². The fourth-order valence-corrected chi connectivity index (χ4v) is 2.43. The van der Waals surface area contributed by atoms with Crippen LogP contribution in [0.5, 0.6) is 0 Å². The van der Waals surface area contributed by atoms with Gasteiger partial charge in [0, 0.05) is 17.9 Å². The average Bonchev–Trinajstić information content (AvgIpc) is 2.87. The number of nitrogens with one attached hydrogen (secondary N) is 1. The van der Waals surface area contributed by atoms with Crippen molar-refractivity contribution in [1.29, 1.82) is 0 Å². The van der Waals surface area contributed by atoms with Gasteiger partial charge in [0.25, 0.3) is 5.91 Å². The van der Waals surface area contributed by atoms with Crippen LogP contribution in [0.15, 0.2) is 30.5 Å². The van der Waals surface area contributed by atoms with E-state index in [-0.39, 0.29) is 5.91 Å². The van der Waals surface area contributed by atoms with Crippen molar-refractivity contribution >= 4 is 17.6 Å². The summed E-state index contributed by atoms with van der Waals surface area (Å²) in [5, 5.41) is 16.2. The van der Waals surface area contributed by atoms with Crippen LogP contribution in [0, 0.1) is 12.8 Å². The molecule has 6 nitrogen and oxygen atoms in total. The maximum Gasteiger partial charge on any atom is 0.310 e. The quantitative estimate of drug-likeness (QED) is 0.852. The molecular weight excluding hydrogens is 306 g/mol. The topological polar surface area (TPSA) is 84.2 Å². The minimum Gasteiger partial charge on any atom is -0.481 e. The third kappa shape index (κ3) is 4.01. The highest BCUT2D eigenvalue weighted by Gasteiger charge is 2.17. The number of carboxylic acid groups (broad SMARTS) is 1. The smallest absolute Gasteiger partial charge is 0.310 e. The number of hydrogen-bond acceptors (Lipinski definition) is 3. The molecule has 2 aromatic rings.